The highest BCUT2D eigenvalue weighted by molar-refractivity contribution is 5.79. The van der Waals surface area contributed by atoms with Crippen LogP contribution in [0, 0.1) is 11.7 Å². The largest absolute Gasteiger partial charge is 0.387 e. The van der Waals surface area contributed by atoms with E-state index >= 15 is 0 Å². The van der Waals surface area contributed by atoms with Gasteiger partial charge in [-0.25, -0.2) is 4.39 Å². The van der Waals surface area contributed by atoms with E-state index in [1.54, 1.807) is 12.1 Å². The number of nitrogens with one attached hydrogen (secondary N) is 1. The predicted octanol–water partition coefficient (Wildman–Crippen LogP) is 3.02. The Labute approximate surface area is 149 Å². The topological polar surface area (TPSA) is 52.6 Å². The molecule has 0 radical (unpaired) electrons. The van der Waals surface area contributed by atoms with Crippen molar-refractivity contribution in [1.82, 2.24) is 10.2 Å². The highest BCUT2D eigenvalue weighted by Crippen LogP contribution is 2.24. The summed E-state index contributed by atoms with van der Waals surface area (Å²) < 4.78 is 13.0. The van der Waals surface area contributed by atoms with Crippen LogP contribution in [0.3, 0.4) is 0 Å². The highest BCUT2D eigenvalue weighted by Gasteiger charge is 2.26. The molecule has 2 N–H and O–H groups in total. The van der Waals surface area contributed by atoms with Gasteiger partial charge in [-0.15, -0.1) is 0 Å². The third kappa shape index (κ3) is 5.25. The first-order valence-electron chi connectivity index (χ1n) is 9.58. The summed E-state index contributed by atoms with van der Waals surface area (Å²) >= 11 is 0. The fourth-order valence-electron chi connectivity index (χ4n) is 3.98. The highest BCUT2D eigenvalue weighted by atomic mass is 19.1. The lowest BCUT2D eigenvalue weighted by Crippen LogP contribution is -2.47. The molecule has 1 aromatic carbocycles. The monoisotopic (exact) mass is 348 g/mol. The van der Waals surface area contributed by atoms with Crippen LogP contribution in [0.1, 0.15) is 56.6 Å². The van der Waals surface area contributed by atoms with Gasteiger partial charge in [0.1, 0.15) is 5.82 Å². The van der Waals surface area contributed by atoms with Crippen molar-refractivity contribution in [2.45, 2.75) is 57.1 Å². The van der Waals surface area contributed by atoms with Gasteiger partial charge in [0.15, 0.2) is 0 Å². The zero-order valence-electron chi connectivity index (χ0n) is 14.8. The summed E-state index contributed by atoms with van der Waals surface area (Å²) in [6, 6.07) is 6.29. The van der Waals surface area contributed by atoms with Crippen molar-refractivity contribution in [3.63, 3.8) is 0 Å². The van der Waals surface area contributed by atoms with Crippen LogP contribution in [0.15, 0.2) is 24.3 Å². The van der Waals surface area contributed by atoms with E-state index in [0.717, 1.165) is 44.3 Å². The molecule has 25 heavy (non-hydrogen) atoms. The van der Waals surface area contributed by atoms with Gasteiger partial charge in [-0.05, 0) is 43.4 Å². The SMILES string of the molecule is O=C(NC1CCN(CC(O)c2ccc(F)cc2)CC1)C1CCCCC1. The molecule has 1 aromatic rings. The average Bonchev–Trinajstić information content (AvgIpc) is 2.64. The molecule has 1 heterocycles. The molecule has 0 spiro atoms. The standard InChI is InChI=1S/C20H29FN2O2/c21-17-8-6-15(7-9-17)19(24)14-23-12-10-18(11-13-23)22-20(25)16-4-2-1-3-5-16/h6-9,16,18-19,24H,1-5,10-14H2,(H,22,25). The van der Waals surface area contributed by atoms with E-state index in [9.17, 15) is 14.3 Å². The van der Waals surface area contributed by atoms with Gasteiger partial charge in [0, 0.05) is 31.6 Å². The second kappa shape index (κ2) is 8.77. The summed E-state index contributed by atoms with van der Waals surface area (Å²) in [6.45, 7) is 2.29. The van der Waals surface area contributed by atoms with E-state index in [-0.39, 0.29) is 23.7 Å². The van der Waals surface area contributed by atoms with Crippen molar-refractivity contribution < 1.29 is 14.3 Å². The molecule has 138 valence electrons. The molecule has 1 amide bonds. The fourth-order valence-corrected chi connectivity index (χ4v) is 3.98. The van der Waals surface area contributed by atoms with Crippen molar-refractivity contribution in [3.8, 4) is 0 Å². The van der Waals surface area contributed by atoms with Crippen molar-refractivity contribution in [2.75, 3.05) is 19.6 Å². The first-order chi connectivity index (χ1) is 12.1. The van der Waals surface area contributed by atoms with Crippen molar-refractivity contribution >= 4 is 5.91 Å². The molecule has 1 unspecified atom stereocenters. The van der Waals surface area contributed by atoms with E-state index in [0.29, 0.717) is 6.54 Å². The second-order valence-electron chi connectivity index (χ2n) is 7.49. The van der Waals surface area contributed by atoms with Gasteiger partial charge >= 0.3 is 0 Å². The minimum atomic E-state index is -0.603. The average molecular weight is 348 g/mol. The molecule has 0 aromatic heterocycles. The maximum absolute atomic E-state index is 13.0. The first-order valence-corrected chi connectivity index (χ1v) is 9.58. The maximum Gasteiger partial charge on any atom is 0.223 e. The molecular formula is C20H29FN2O2. The van der Waals surface area contributed by atoms with Gasteiger partial charge in [0.2, 0.25) is 5.91 Å². The van der Waals surface area contributed by atoms with Gasteiger partial charge in [0.25, 0.3) is 0 Å². The number of likely N-dealkylation sites (tertiary alicyclic amines) is 1. The number of carbonyl (C=O) groups excluding carboxylic acids is 1. The molecule has 5 heteroatoms. The second-order valence-corrected chi connectivity index (χ2v) is 7.49. The number of rotatable bonds is 5. The fraction of sp³-hybridized carbons (Fsp3) is 0.650. The number of piperidine rings is 1. The van der Waals surface area contributed by atoms with E-state index in [1.165, 1.54) is 31.4 Å². The number of β-amino-alcohol motifs (C(OH)–C–C–N with tert-alkyl or cyclic N) is 1. The Kier molecular flexibility index (Phi) is 6.43. The van der Waals surface area contributed by atoms with Gasteiger partial charge < -0.3 is 15.3 Å². The minimum absolute atomic E-state index is 0.215. The molecule has 1 saturated carbocycles. The summed E-state index contributed by atoms with van der Waals surface area (Å²) in [5.41, 5.74) is 0.745. The quantitative estimate of drug-likeness (QED) is 0.860. The molecule has 1 saturated heterocycles. The number of hydrogen-bond donors (Lipinski definition) is 2. The third-order valence-corrected chi connectivity index (χ3v) is 5.60. The van der Waals surface area contributed by atoms with Crippen LogP contribution in [0.5, 0.6) is 0 Å². The van der Waals surface area contributed by atoms with Gasteiger partial charge in [-0.1, -0.05) is 31.4 Å². The Balaban J connectivity index is 1.40. The summed E-state index contributed by atoms with van der Waals surface area (Å²) in [6.07, 6.45) is 6.94. The number of halogens is 1. The lowest BCUT2D eigenvalue weighted by molar-refractivity contribution is -0.127. The number of carbonyl (C=O) groups is 1. The van der Waals surface area contributed by atoms with E-state index in [1.807, 2.05) is 0 Å². The Hall–Kier alpha value is -1.46. The Bertz CT molecular complexity index is 549. The van der Waals surface area contributed by atoms with Crippen molar-refractivity contribution in [3.05, 3.63) is 35.6 Å². The Morgan fingerprint density at radius 3 is 2.40 bits per heavy atom. The molecule has 1 aliphatic carbocycles. The zero-order valence-corrected chi connectivity index (χ0v) is 14.8. The molecule has 4 nitrogen and oxygen atoms in total. The van der Waals surface area contributed by atoms with E-state index in [2.05, 4.69) is 10.2 Å². The maximum atomic E-state index is 13.0. The Morgan fingerprint density at radius 1 is 1.12 bits per heavy atom. The normalized spacial score (nSPS) is 21.8. The van der Waals surface area contributed by atoms with Gasteiger partial charge in [-0.3, -0.25) is 4.79 Å². The summed E-state index contributed by atoms with van der Waals surface area (Å²) in [5.74, 6) is 0.169. The number of hydrogen-bond acceptors (Lipinski definition) is 3. The van der Waals surface area contributed by atoms with Crippen LogP contribution in [-0.4, -0.2) is 41.6 Å². The van der Waals surface area contributed by atoms with Crippen molar-refractivity contribution in [1.29, 1.82) is 0 Å². The first kappa shape index (κ1) is 18.3. The number of amides is 1. The van der Waals surface area contributed by atoms with E-state index < -0.39 is 6.10 Å². The van der Waals surface area contributed by atoms with Crippen LogP contribution < -0.4 is 5.32 Å². The lowest BCUT2D eigenvalue weighted by Gasteiger charge is -2.34. The molecule has 3 rings (SSSR count). The lowest BCUT2D eigenvalue weighted by atomic mass is 9.88. The Morgan fingerprint density at radius 2 is 1.76 bits per heavy atom. The van der Waals surface area contributed by atoms with Crippen LogP contribution in [0.4, 0.5) is 4.39 Å². The third-order valence-electron chi connectivity index (χ3n) is 5.60. The van der Waals surface area contributed by atoms with Crippen LogP contribution in [0.2, 0.25) is 0 Å². The molecule has 2 fully saturated rings. The molecular weight excluding hydrogens is 319 g/mol. The number of aliphatic hydroxyl groups is 1. The van der Waals surface area contributed by atoms with Crippen molar-refractivity contribution in [2.24, 2.45) is 5.92 Å². The summed E-state index contributed by atoms with van der Waals surface area (Å²) in [7, 11) is 0. The minimum Gasteiger partial charge on any atom is -0.387 e. The zero-order chi connectivity index (χ0) is 17.6. The van der Waals surface area contributed by atoms with Crippen LogP contribution in [0.25, 0.3) is 0 Å². The summed E-state index contributed by atoms with van der Waals surface area (Å²) in [5, 5.41) is 13.5. The van der Waals surface area contributed by atoms with Crippen LogP contribution in [-0.2, 0) is 4.79 Å². The number of benzene rings is 1. The molecule has 0 bridgehead atoms. The smallest absolute Gasteiger partial charge is 0.223 e. The van der Waals surface area contributed by atoms with Gasteiger partial charge in [0.05, 0.1) is 6.10 Å². The van der Waals surface area contributed by atoms with Gasteiger partial charge in [-0.2, -0.15) is 0 Å². The summed E-state index contributed by atoms with van der Waals surface area (Å²) in [4.78, 5) is 14.6. The number of aliphatic hydroxyl groups excluding tert-OH is 1. The van der Waals surface area contributed by atoms with Crippen LogP contribution >= 0.6 is 0 Å². The molecule has 1 atom stereocenters. The number of nitrogens with zero attached hydrogens (tertiary/aromatic N) is 1. The predicted molar refractivity (Wildman–Crippen MR) is 95.5 cm³/mol. The molecule has 1 aliphatic heterocycles. The molecule has 2 aliphatic rings. The van der Waals surface area contributed by atoms with E-state index in [4.69, 9.17) is 0 Å².